The van der Waals surface area contributed by atoms with Crippen LogP contribution < -0.4 is 11.1 Å². The summed E-state index contributed by atoms with van der Waals surface area (Å²) in [4.78, 5) is 0. The fraction of sp³-hybridized carbons (Fsp3) is 0.500. The predicted octanol–water partition coefficient (Wildman–Crippen LogP) is 3.28. The van der Waals surface area contributed by atoms with Crippen molar-refractivity contribution in [2.45, 2.75) is 51.7 Å². The Morgan fingerprint density at radius 2 is 2.05 bits per heavy atom. The van der Waals surface area contributed by atoms with Crippen LogP contribution in [-0.4, -0.2) is 10.6 Å². The van der Waals surface area contributed by atoms with Crippen LogP contribution in [0.1, 0.15) is 38.3 Å². The predicted molar refractivity (Wildman–Crippen MR) is 81.1 cm³/mol. The van der Waals surface area contributed by atoms with Gasteiger partial charge in [0.15, 0.2) is 0 Å². The van der Waals surface area contributed by atoms with Crippen molar-refractivity contribution in [3.05, 3.63) is 30.0 Å². The van der Waals surface area contributed by atoms with Crippen LogP contribution in [0, 0.1) is 0 Å². The van der Waals surface area contributed by atoms with Gasteiger partial charge in [-0.1, -0.05) is 12.8 Å². The summed E-state index contributed by atoms with van der Waals surface area (Å²) in [5, 5.41) is 4.95. The highest BCUT2D eigenvalue weighted by molar-refractivity contribution is 5.84. The molecular weight excluding hydrogens is 234 g/mol. The molecule has 0 atom stereocenters. The van der Waals surface area contributed by atoms with Gasteiger partial charge < -0.3 is 15.6 Å². The summed E-state index contributed by atoms with van der Waals surface area (Å²) < 4.78 is 2.39. The third-order valence-corrected chi connectivity index (χ3v) is 4.25. The van der Waals surface area contributed by atoms with Crippen LogP contribution in [0.2, 0.25) is 0 Å². The molecule has 0 saturated heterocycles. The molecule has 3 heteroatoms. The fourth-order valence-electron chi connectivity index (χ4n) is 3.25. The number of fused-ring (bicyclic) bond motifs is 1. The van der Waals surface area contributed by atoms with Gasteiger partial charge in [0.25, 0.3) is 0 Å². The number of nitrogens with two attached hydrogens (primary N) is 1. The molecule has 1 aromatic heterocycles. The highest BCUT2D eigenvalue weighted by atomic mass is 15.0. The highest BCUT2D eigenvalue weighted by Crippen LogP contribution is 2.23. The maximum absolute atomic E-state index is 5.87. The van der Waals surface area contributed by atoms with E-state index in [1.165, 1.54) is 42.3 Å². The third kappa shape index (κ3) is 2.47. The first-order valence-corrected chi connectivity index (χ1v) is 7.39. The maximum Gasteiger partial charge on any atom is 0.0484 e. The van der Waals surface area contributed by atoms with Gasteiger partial charge in [0.05, 0.1) is 0 Å². The largest absolute Gasteiger partial charge is 0.399 e. The van der Waals surface area contributed by atoms with Gasteiger partial charge in [-0.15, -0.1) is 0 Å². The van der Waals surface area contributed by atoms with Gasteiger partial charge in [-0.25, -0.2) is 0 Å². The van der Waals surface area contributed by atoms with Crippen molar-refractivity contribution < 1.29 is 0 Å². The van der Waals surface area contributed by atoms with E-state index in [9.17, 15) is 0 Å². The lowest BCUT2D eigenvalue weighted by molar-refractivity contribution is 0.510. The molecule has 0 unspecified atom stereocenters. The lowest BCUT2D eigenvalue weighted by Crippen LogP contribution is -2.26. The van der Waals surface area contributed by atoms with Crippen molar-refractivity contribution >= 4 is 16.6 Å². The minimum atomic E-state index is 0.716. The Morgan fingerprint density at radius 1 is 1.26 bits per heavy atom. The first kappa shape index (κ1) is 12.5. The molecule has 102 valence electrons. The van der Waals surface area contributed by atoms with Gasteiger partial charge >= 0.3 is 0 Å². The molecule has 1 aromatic carbocycles. The molecule has 1 fully saturated rings. The Hall–Kier alpha value is -1.48. The van der Waals surface area contributed by atoms with Crippen molar-refractivity contribution in [1.29, 1.82) is 0 Å². The minimum Gasteiger partial charge on any atom is -0.399 e. The Morgan fingerprint density at radius 3 is 2.79 bits per heavy atom. The Balaban J connectivity index is 1.84. The minimum absolute atomic E-state index is 0.716. The number of rotatable bonds is 4. The molecule has 0 radical (unpaired) electrons. The molecule has 1 saturated carbocycles. The zero-order chi connectivity index (χ0) is 13.2. The standard InChI is InChI=1S/C16H23N3/c1-2-19-15(11-18-14-5-3-4-6-14)10-12-9-13(17)7-8-16(12)19/h7-10,14,18H,2-6,11,17H2,1H3. The molecular formula is C16H23N3. The lowest BCUT2D eigenvalue weighted by Gasteiger charge is -2.13. The number of aryl methyl sites for hydroxylation is 1. The average Bonchev–Trinajstić information content (AvgIpc) is 3.02. The summed E-state index contributed by atoms with van der Waals surface area (Å²) in [6.45, 7) is 4.18. The van der Waals surface area contributed by atoms with Gasteiger partial charge in [0.1, 0.15) is 0 Å². The number of benzene rings is 1. The number of nitrogen functional groups attached to an aromatic ring is 1. The second kappa shape index (κ2) is 5.25. The van der Waals surface area contributed by atoms with E-state index in [0.717, 1.165) is 18.8 Å². The second-order valence-corrected chi connectivity index (χ2v) is 5.56. The summed E-state index contributed by atoms with van der Waals surface area (Å²) in [6, 6.07) is 9.18. The normalized spacial score (nSPS) is 16.5. The molecule has 3 nitrogen and oxygen atoms in total. The smallest absolute Gasteiger partial charge is 0.0484 e. The van der Waals surface area contributed by atoms with Gasteiger partial charge in [0.2, 0.25) is 0 Å². The van der Waals surface area contributed by atoms with E-state index < -0.39 is 0 Å². The summed E-state index contributed by atoms with van der Waals surface area (Å²) in [5.74, 6) is 0. The van der Waals surface area contributed by atoms with Gasteiger partial charge in [-0.2, -0.15) is 0 Å². The molecule has 3 N–H and O–H groups in total. The molecule has 0 aliphatic heterocycles. The number of nitrogens with one attached hydrogen (secondary N) is 1. The summed E-state index contributed by atoms with van der Waals surface area (Å²) >= 11 is 0. The van der Waals surface area contributed by atoms with E-state index in [1.807, 2.05) is 6.07 Å². The van der Waals surface area contributed by atoms with Gasteiger partial charge in [-0.05, 0) is 44.0 Å². The van der Waals surface area contributed by atoms with Crippen molar-refractivity contribution in [2.24, 2.45) is 0 Å². The van der Waals surface area contributed by atoms with Crippen LogP contribution in [-0.2, 0) is 13.1 Å². The molecule has 0 amide bonds. The molecule has 1 heterocycles. The maximum atomic E-state index is 5.87. The third-order valence-electron chi connectivity index (χ3n) is 4.25. The molecule has 0 bridgehead atoms. The number of nitrogens with zero attached hydrogens (tertiary/aromatic N) is 1. The van der Waals surface area contributed by atoms with Crippen molar-refractivity contribution in [2.75, 3.05) is 5.73 Å². The average molecular weight is 257 g/mol. The molecule has 19 heavy (non-hydrogen) atoms. The van der Waals surface area contributed by atoms with E-state index >= 15 is 0 Å². The molecule has 0 spiro atoms. The van der Waals surface area contributed by atoms with Crippen LogP contribution in [0.5, 0.6) is 0 Å². The zero-order valence-corrected chi connectivity index (χ0v) is 11.7. The SMILES string of the molecule is CCn1c(CNC2CCCC2)cc2cc(N)ccc21. The van der Waals surface area contributed by atoms with Crippen molar-refractivity contribution in [3.8, 4) is 0 Å². The highest BCUT2D eigenvalue weighted by Gasteiger charge is 2.15. The first-order chi connectivity index (χ1) is 9.28. The second-order valence-electron chi connectivity index (χ2n) is 5.56. The number of anilines is 1. The fourth-order valence-corrected chi connectivity index (χ4v) is 3.25. The molecule has 3 rings (SSSR count). The quantitative estimate of drug-likeness (QED) is 0.825. The van der Waals surface area contributed by atoms with Crippen LogP contribution in [0.3, 0.4) is 0 Å². The monoisotopic (exact) mass is 257 g/mol. The Labute approximate surface area is 114 Å². The van der Waals surface area contributed by atoms with E-state index in [2.05, 4.69) is 35.0 Å². The first-order valence-electron chi connectivity index (χ1n) is 7.39. The summed E-state index contributed by atoms with van der Waals surface area (Å²) in [5.41, 5.74) is 9.38. The van der Waals surface area contributed by atoms with E-state index in [4.69, 9.17) is 5.73 Å². The molecule has 1 aliphatic rings. The molecule has 1 aliphatic carbocycles. The topological polar surface area (TPSA) is 43.0 Å². The van der Waals surface area contributed by atoms with Crippen molar-refractivity contribution in [3.63, 3.8) is 0 Å². The molecule has 2 aromatic rings. The van der Waals surface area contributed by atoms with E-state index in [-0.39, 0.29) is 0 Å². The van der Waals surface area contributed by atoms with Crippen LogP contribution in [0.15, 0.2) is 24.3 Å². The number of hydrogen-bond acceptors (Lipinski definition) is 2. The number of aromatic nitrogens is 1. The van der Waals surface area contributed by atoms with E-state index in [0.29, 0.717) is 6.04 Å². The summed E-state index contributed by atoms with van der Waals surface area (Å²) in [7, 11) is 0. The van der Waals surface area contributed by atoms with Crippen molar-refractivity contribution in [1.82, 2.24) is 9.88 Å². The lowest BCUT2D eigenvalue weighted by atomic mass is 10.2. The van der Waals surface area contributed by atoms with Gasteiger partial charge in [0, 0.05) is 41.4 Å². The Bertz CT molecular complexity index is 565. The van der Waals surface area contributed by atoms with Crippen LogP contribution >= 0.6 is 0 Å². The van der Waals surface area contributed by atoms with Crippen LogP contribution in [0.25, 0.3) is 10.9 Å². The van der Waals surface area contributed by atoms with E-state index in [1.54, 1.807) is 0 Å². The summed E-state index contributed by atoms with van der Waals surface area (Å²) in [6.07, 6.45) is 5.43. The Kier molecular flexibility index (Phi) is 3.47. The zero-order valence-electron chi connectivity index (χ0n) is 11.7. The van der Waals surface area contributed by atoms with Crippen LogP contribution in [0.4, 0.5) is 5.69 Å². The number of hydrogen-bond donors (Lipinski definition) is 2. The van der Waals surface area contributed by atoms with Gasteiger partial charge in [-0.3, -0.25) is 0 Å².